The maximum absolute atomic E-state index is 12.1. The Morgan fingerprint density at radius 3 is 2.81 bits per heavy atom. The van der Waals surface area contributed by atoms with Gasteiger partial charge in [0.05, 0.1) is 0 Å². The summed E-state index contributed by atoms with van der Waals surface area (Å²) in [4.78, 5) is 44.0. The molecule has 8 heteroatoms. The monoisotopic (exact) mass is 372 g/mol. The smallest absolute Gasteiger partial charge is 0.325 e. The van der Waals surface area contributed by atoms with Crippen molar-refractivity contribution in [3.63, 3.8) is 0 Å². The van der Waals surface area contributed by atoms with Crippen molar-refractivity contribution in [2.45, 2.75) is 58.1 Å². The van der Waals surface area contributed by atoms with Gasteiger partial charge in [0.1, 0.15) is 6.10 Å². The Kier molecular flexibility index (Phi) is 6.05. The third kappa shape index (κ3) is 5.29. The fourth-order valence-corrected chi connectivity index (χ4v) is 3.26. The van der Waals surface area contributed by atoms with E-state index in [1.54, 1.807) is 13.1 Å². The van der Waals surface area contributed by atoms with Gasteiger partial charge in [-0.3, -0.25) is 14.6 Å². The first kappa shape index (κ1) is 18.9. The average molecular weight is 372 g/mol. The Morgan fingerprint density at radius 1 is 1.30 bits per heavy atom. The topological polar surface area (TPSA) is 117 Å². The predicted octanol–water partition coefficient (Wildman–Crippen LogP) is 1.34. The summed E-state index contributed by atoms with van der Waals surface area (Å²) < 4.78 is 5.87. The molecule has 0 atom stereocenters. The molecule has 2 aromatic heterocycles. The number of amides is 1. The molecular weight excluding hydrogens is 348 g/mol. The van der Waals surface area contributed by atoms with Crippen molar-refractivity contribution < 1.29 is 9.53 Å². The van der Waals surface area contributed by atoms with Crippen molar-refractivity contribution in [3.05, 3.63) is 56.0 Å². The zero-order valence-corrected chi connectivity index (χ0v) is 15.3. The Morgan fingerprint density at radius 2 is 2.07 bits per heavy atom. The molecule has 2 aromatic rings. The first-order valence-corrected chi connectivity index (χ1v) is 9.21. The number of hydrogen-bond acceptors (Lipinski definition) is 5. The van der Waals surface area contributed by atoms with Crippen LogP contribution in [0.25, 0.3) is 0 Å². The molecule has 2 heterocycles. The van der Waals surface area contributed by atoms with E-state index in [0.717, 1.165) is 18.4 Å². The maximum Gasteiger partial charge on any atom is 0.325 e. The third-order valence-corrected chi connectivity index (χ3v) is 4.74. The van der Waals surface area contributed by atoms with Crippen LogP contribution >= 0.6 is 0 Å². The normalized spacial score (nSPS) is 14.3. The zero-order valence-electron chi connectivity index (χ0n) is 15.3. The molecule has 0 saturated heterocycles. The third-order valence-electron chi connectivity index (χ3n) is 4.74. The van der Waals surface area contributed by atoms with E-state index < -0.39 is 11.2 Å². The van der Waals surface area contributed by atoms with E-state index in [2.05, 4.69) is 20.3 Å². The van der Waals surface area contributed by atoms with Gasteiger partial charge in [0.15, 0.2) is 0 Å². The second-order valence-corrected chi connectivity index (χ2v) is 6.82. The van der Waals surface area contributed by atoms with Gasteiger partial charge in [-0.15, -0.1) is 0 Å². The molecule has 1 saturated carbocycles. The first-order chi connectivity index (χ1) is 13.0. The SMILES string of the molecule is Cc1[nH]c(=O)[nH]c(=O)c1CCC(=O)NCc1ccnc(OC2CCCC2)c1. The molecule has 0 bridgehead atoms. The van der Waals surface area contributed by atoms with Crippen molar-refractivity contribution in [3.8, 4) is 5.88 Å². The van der Waals surface area contributed by atoms with Crippen molar-refractivity contribution in [2.75, 3.05) is 0 Å². The minimum Gasteiger partial charge on any atom is -0.474 e. The number of ether oxygens (including phenoxy) is 1. The highest BCUT2D eigenvalue weighted by Gasteiger charge is 2.17. The van der Waals surface area contributed by atoms with E-state index in [1.807, 2.05) is 12.1 Å². The summed E-state index contributed by atoms with van der Waals surface area (Å²) in [5.41, 5.74) is 0.815. The molecule has 1 aliphatic rings. The van der Waals surface area contributed by atoms with Gasteiger partial charge in [-0.1, -0.05) is 0 Å². The van der Waals surface area contributed by atoms with Gasteiger partial charge in [-0.2, -0.15) is 0 Å². The van der Waals surface area contributed by atoms with E-state index in [4.69, 9.17) is 4.74 Å². The van der Waals surface area contributed by atoms with Crippen LogP contribution in [-0.4, -0.2) is 27.0 Å². The highest BCUT2D eigenvalue weighted by atomic mass is 16.5. The van der Waals surface area contributed by atoms with Gasteiger partial charge >= 0.3 is 5.69 Å². The largest absolute Gasteiger partial charge is 0.474 e. The average Bonchev–Trinajstić information content (AvgIpc) is 3.12. The van der Waals surface area contributed by atoms with Crippen LogP contribution in [0.2, 0.25) is 0 Å². The van der Waals surface area contributed by atoms with E-state index in [-0.39, 0.29) is 24.9 Å². The molecule has 3 rings (SSSR count). The molecule has 27 heavy (non-hydrogen) atoms. The Labute approximate surface area is 156 Å². The number of aryl methyl sites for hydroxylation is 1. The highest BCUT2D eigenvalue weighted by molar-refractivity contribution is 5.76. The quantitative estimate of drug-likeness (QED) is 0.678. The lowest BCUT2D eigenvalue weighted by atomic mass is 10.1. The molecule has 1 fully saturated rings. The Bertz CT molecular complexity index is 912. The molecular formula is C19H24N4O4. The van der Waals surface area contributed by atoms with Crippen LogP contribution in [0, 0.1) is 6.92 Å². The molecule has 0 spiro atoms. The number of nitrogens with one attached hydrogen (secondary N) is 3. The Hall–Kier alpha value is -2.90. The van der Waals surface area contributed by atoms with Gasteiger partial charge in [-0.25, -0.2) is 9.78 Å². The number of hydrogen-bond donors (Lipinski definition) is 3. The minimum atomic E-state index is -0.543. The van der Waals surface area contributed by atoms with Crippen molar-refractivity contribution >= 4 is 5.91 Å². The van der Waals surface area contributed by atoms with Gasteiger partial charge in [0.2, 0.25) is 11.8 Å². The summed E-state index contributed by atoms with van der Waals surface area (Å²) in [5.74, 6) is 0.416. The van der Waals surface area contributed by atoms with E-state index in [9.17, 15) is 14.4 Å². The standard InChI is InChI=1S/C19H24N4O4/c1-12-15(18(25)23-19(26)22-12)6-7-16(24)21-11-13-8-9-20-17(10-13)27-14-4-2-3-5-14/h8-10,14H,2-7,11H2,1H3,(H,21,24)(H2,22,23,25,26). The zero-order chi connectivity index (χ0) is 19.2. The summed E-state index contributed by atoms with van der Waals surface area (Å²) in [7, 11) is 0. The summed E-state index contributed by atoms with van der Waals surface area (Å²) in [6, 6.07) is 3.67. The second kappa shape index (κ2) is 8.66. The molecule has 0 unspecified atom stereocenters. The van der Waals surface area contributed by atoms with Crippen LogP contribution in [0.3, 0.4) is 0 Å². The van der Waals surface area contributed by atoms with E-state index >= 15 is 0 Å². The van der Waals surface area contributed by atoms with Crippen LogP contribution < -0.4 is 21.3 Å². The van der Waals surface area contributed by atoms with Gasteiger partial charge in [-0.05, 0) is 50.7 Å². The lowest BCUT2D eigenvalue weighted by Gasteiger charge is -2.13. The summed E-state index contributed by atoms with van der Waals surface area (Å²) in [6.45, 7) is 2.01. The molecule has 144 valence electrons. The van der Waals surface area contributed by atoms with Crippen molar-refractivity contribution in [2.24, 2.45) is 0 Å². The summed E-state index contributed by atoms with van der Waals surface area (Å²) >= 11 is 0. The highest BCUT2D eigenvalue weighted by Crippen LogP contribution is 2.23. The minimum absolute atomic E-state index is 0.159. The van der Waals surface area contributed by atoms with Gasteiger partial charge < -0.3 is 15.0 Å². The Balaban J connectivity index is 1.50. The van der Waals surface area contributed by atoms with E-state index in [1.165, 1.54) is 12.8 Å². The number of carbonyl (C=O) groups is 1. The number of aromatic amines is 2. The van der Waals surface area contributed by atoms with Crippen LogP contribution in [0.1, 0.15) is 48.9 Å². The number of H-pyrrole nitrogens is 2. The molecule has 1 aliphatic carbocycles. The lowest BCUT2D eigenvalue weighted by Crippen LogP contribution is -2.29. The number of rotatable bonds is 7. The number of aromatic nitrogens is 3. The molecule has 0 aliphatic heterocycles. The van der Waals surface area contributed by atoms with Crippen LogP contribution in [-0.2, 0) is 17.8 Å². The fraction of sp³-hybridized carbons (Fsp3) is 0.474. The van der Waals surface area contributed by atoms with Crippen molar-refractivity contribution in [1.82, 2.24) is 20.3 Å². The lowest BCUT2D eigenvalue weighted by molar-refractivity contribution is -0.121. The predicted molar refractivity (Wildman–Crippen MR) is 99.7 cm³/mol. The van der Waals surface area contributed by atoms with Gasteiger partial charge in [0.25, 0.3) is 5.56 Å². The molecule has 0 radical (unpaired) electrons. The van der Waals surface area contributed by atoms with Crippen LogP contribution in [0.15, 0.2) is 27.9 Å². The van der Waals surface area contributed by atoms with Crippen LogP contribution in [0.5, 0.6) is 5.88 Å². The summed E-state index contributed by atoms with van der Waals surface area (Å²) in [5, 5.41) is 2.83. The molecule has 1 amide bonds. The molecule has 3 N–H and O–H groups in total. The van der Waals surface area contributed by atoms with Crippen LogP contribution in [0.4, 0.5) is 0 Å². The van der Waals surface area contributed by atoms with Crippen molar-refractivity contribution in [1.29, 1.82) is 0 Å². The molecule has 8 nitrogen and oxygen atoms in total. The first-order valence-electron chi connectivity index (χ1n) is 9.21. The second-order valence-electron chi connectivity index (χ2n) is 6.82. The number of nitrogens with zero attached hydrogens (tertiary/aromatic N) is 1. The molecule has 0 aromatic carbocycles. The van der Waals surface area contributed by atoms with Gasteiger partial charge in [0, 0.05) is 36.5 Å². The number of carbonyl (C=O) groups excluding carboxylic acids is 1. The van der Waals surface area contributed by atoms with E-state index in [0.29, 0.717) is 23.7 Å². The maximum atomic E-state index is 12.1. The number of pyridine rings is 1. The fourth-order valence-electron chi connectivity index (χ4n) is 3.26. The summed E-state index contributed by atoms with van der Waals surface area (Å²) in [6.07, 6.45) is 6.84.